The Labute approximate surface area is 104 Å². The molecule has 0 fully saturated rings. The van der Waals surface area contributed by atoms with Gasteiger partial charge in [-0.15, -0.1) is 13.2 Å². The summed E-state index contributed by atoms with van der Waals surface area (Å²) in [5, 5.41) is 8.54. The zero-order chi connectivity index (χ0) is 13.1. The summed E-state index contributed by atoms with van der Waals surface area (Å²) >= 11 is 0. The van der Waals surface area contributed by atoms with Gasteiger partial charge in [0.1, 0.15) is 0 Å². The van der Waals surface area contributed by atoms with Gasteiger partial charge in [0.05, 0.1) is 0 Å². The number of hydrogen-bond acceptors (Lipinski definition) is 2. The van der Waals surface area contributed by atoms with Crippen LogP contribution in [-0.4, -0.2) is 29.1 Å². The van der Waals surface area contributed by atoms with E-state index in [0.717, 1.165) is 19.5 Å². The molecule has 1 N–H and O–H groups in total. The molecule has 0 amide bonds. The molecule has 0 aliphatic heterocycles. The van der Waals surface area contributed by atoms with E-state index in [0.29, 0.717) is 12.3 Å². The molecule has 0 aromatic carbocycles. The first-order valence-corrected chi connectivity index (χ1v) is 5.97. The van der Waals surface area contributed by atoms with Crippen LogP contribution in [-0.2, 0) is 4.79 Å². The summed E-state index contributed by atoms with van der Waals surface area (Å²) in [6.07, 6.45) is 9.69. The Hall–Kier alpha value is -1.51. The summed E-state index contributed by atoms with van der Waals surface area (Å²) < 4.78 is 0. The van der Waals surface area contributed by atoms with Crippen molar-refractivity contribution in [1.82, 2.24) is 4.90 Å². The lowest BCUT2D eigenvalue weighted by Gasteiger charge is -2.18. The predicted molar refractivity (Wildman–Crippen MR) is 71.8 cm³/mol. The summed E-state index contributed by atoms with van der Waals surface area (Å²) in [5.41, 5.74) is 0. The third kappa shape index (κ3) is 9.42. The Kier molecular flexibility index (Phi) is 8.84. The fraction of sp³-hybridized carbons (Fsp3) is 0.500. The van der Waals surface area contributed by atoms with Gasteiger partial charge in [0.2, 0.25) is 0 Å². The number of carboxylic acids is 1. The summed E-state index contributed by atoms with van der Waals surface area (Å²) in [4.78, 5) is 12.5. The van der Waals surface area contributed by atoms with Crippen LogP contribution < -0.4 is 0 Å². The highest BCUT2D eigenvalue weighted by Crippen LogP contribution is 2.03. The second-order valence-electron chi connectivity index (χ2n) is 4.07. The van der Waals surface area contributed by atoms with Gasteiger partial charge in [-0.3, -0.25) is 4.79 Å². The summed E-state index contributed by atoms with van der Waals surface area (Å²) in [6.45, 7) is 11.2. The lowest BCUT2D eigenvalue weighted by Crippen LogP contribution is -2.19. The molecule has 0 aromatic rings. The zero-order valence-electron chi connectivity index (χ0n) is 10.6. The van der Waals surface area contributed by atoms with E-state index in [-0.39, 0.29) is 6.42 Å². The van der Waals surface area contributed by atoms with E-state index in [4.69, 9.17) is 5.11 Å². The van der Waals surface area contributed by atoms with Crippen LogP contribution in [0.4, 0.5) is 0 Å². The zero-order valence-corrected chi connectivity index (χ0v) is 10.6. The first-order chi connectivity index (χ1) is 8.10. The SMILES string of the molecule is C=CCN(/C=C\C(C)C=C)CCCCC(=O)O. The number of hydrogen-bond donors (Lipinski definition) is 1. The van der Waals surface area contributed by atoms with E-state index >= 15 is 0 Å². The second-order valence-corrected chi connectivity index (χ2v) is 4.07. The van der Waals surface area contributed by atoms with E-state index in [2.05, 4.69) is 31.1 Å². The van der Waals surface area contributed by atoms with Crippen LogP contribution in [0.3, 0.4) is 0 Å². The molecule has 0 aliphatic rings. The van der Waals surface area contributed by atoms with Crippen molar-refractivity contribution >= 4 is 5.97 Å². The summed E-state index contributed by atoms with van der Waals surface area (Å²) in [5.74, 6) is -0.377. The number of unbranched alkanes of at least 4 members (excludes halogenated alkanes) is 1. The van der Waals surface area contributed by atoms with E-state index in [1.54, 1.807) is 0 Å². The Bertz CT molecular complexity index is 271. The first kappa shape index (κ1) is 15.5. The van der Waals surface area contributed by atoms with Crippen molar-refractivity contribution in [3.8, 4) is 0 Å². The molecule has 0 heterocycles. The van der Waals surface area contributed by atoms with Gasteiger partial charge < -0.3 is 10.0 Å². The first-order valence-electron chi connectivity index (χ1n) is 5.97. The van der Waals surface area contributed by atoms with E-state index in [1.807, 2.05) is 18.4 Å². The normalized spacial score (nSPS) is 12.3. The fourth-order valence-corrected chi connectivity index (χ4v) is 1.32. The molecule has 1 unspecified atom stereocenters. The minimum atomic E-state index is -0.726. The second kappa shape index (κ2) is 9.70. The van der Waals surface area contributed by atoms with Crippen molar-refractivity contribution < 1.29 is 9.90 Å². The van der Waals surface area contributed by atoms with Gasteiger partial charge in [-0.2, -0.15) is 0 Å². The van der Waals surface area contributed by atoms with Gasteiger partial charge in [0, 0.05) is 19.5 Å². The molecule has 0 radical (unpaired) electrons. The molecule has 3 nitrogen and oxygen atoms in total. The lowest BCUT2D eigenvalue weighted by molar-refractivity contribution is -0.137. The molecule has 96 valence electrons. The largest absolute Gasteiger partial charge is 0.481 e. The molecule has 0 aliphatic carbocycles. The summed E-state index contributed by atoms with van der Waals surface area (Å²) in [6, 6.07) is 0. The molecule has 0 bridgehead atoms. The minimum absolute atomic E-state index is 0.245. The monoisotopic (exact) mass is 237 g/mol. The molecular weight excluding hydrogens is 214 g/mol. The topological polar surface area (TPSA) is 40.5 Å². The average Bonchev–Trinajstić information content (AvgIpc) is 2.30. The van der Waals surface area contributed by atoms with Crippen LogP contribution in [0.15, 0.2) is 37.6 Å². The highest BCUT2D eigenvalue weighted by molar-refractivity contribution is 5.66. The van der Waals surface area contributed by atoms with Crippen molar-refractivity contribution in [2.24, 2.45) is 5.92 Å². The molecule has 17 heavy (non-hydrogen) atoms. The third-order valence-electron chi connectivity index (χ3n) is 2.42. The van der Waals surface area contributed by atoms with Crippen molar-refractivity contribution in [2.75, 3.05) is 13.1 Å². The smallest absolute Gasteiger partial charge is 0.303 e. The molecule has 0 spiro atoms. The average molecular weight is 237 g/mol. The van der Waals surface area contributed by atoms with Gasteiger partial charge in [-0.25, -0.2) is 0 Å². The van der Waals surface area contributed by atoms with E-state index < -0.39 is 5.97 Å². The number of allylic oxidation sites excluding steroid dienone is 2. The maximum Gasteiger partial charge on any atom is 0.303 e. The fourth-order valence-electron chi connectivity index (χ4n) is 1.32. The predicted octanol–water partition coefficient (Wildman–Crippen LogP) is 3.07. The van der Waals surface area contributed by atoms with Crippen LogP contribution in [0.25, 0.3) is 0 Å². The quantitative estimate of drug-likeness (QED) is 0.469. The standard InChI is InChI=1S/C14H23NO2/c1-4-10-15(12-9-13(3)5-2)11-7-6-8-14(16)17/h4-5,9,12-13H,1-2,6-8,10-11H2,3H3,(H,16,17)/b12-9-. The van der Waals surface area contributed by atoms with Crippen molar-refractivity contribution in [2.45, 2.75) is 26.2 Å². The van der Waals surface area contributed by atoms with E-state index in [1.165, 1.54) is 0 Å². The van der Waals surface area contributed by atoms with Gasteiger partial charge in [-0.05, 0) is 25.0 Å². The Morgan fingerprint density at radius 3 is 2.65 bits per heavy atom. The van der Waals surface area contributed by atoms with Crippen LogP contribution >= 0.6 is 0 Å². The number of nitrogens with zero attached hydrogens (tertiary/aromatic N) is 1. The Morgan fingerprint density at radius 1 is 1.41 bits per heavy atom. The number of aliphatic carboxylic acids is 1. The third-order valence-corrected chi connectivity index (χ3v) is 2.42. The van der Waals surface area contributed by atoms with E-state index in [9.17, 15) is 4.79 Å². The Balaban J connectivity index is 3.97. The molecule has 0 saturated carbocycles. The molecular formula is C14H23NO2. The highest BCUT2D eigenvalue weighted by atomic mass is 16.4. The number of rotatable bonds is 10. The molecule has 0 saturated heterocycles. The lowest BCUT2D eigenvalue weighted by atomic mass is 10.2. The van der Waals surface area contributed by atoms with Crippen LogP contribution in [0.1, 0.15) is 26.2 Å². The van der Waals surface area contributed by atoms with Gasteiger partial charge in [0.25, 0.3) is 0 Å². The summed E-state index contributed by atoms with van der Waals surface area (Å²) in [7, 11) is 0. The van der Waals surface area contributed by atoms with Crippen molar-refractivity contribution in [1.29, 1.82) is 0 Å². The number of carboxylic acid groups (broad SMARTS) is 1. The maximum atomic E-state index is 10.4. The van der Waals surface area contributed by atoms with Crippen molar-refractivity contribution in [3.63, 3.8) is 0 Å². The molecule has 0 rings (SSSR count). The van der Waals surface area contributed by atoms with Gasteiger partial charge in [-0.1, -0.05) is 25.2 Å². The minimum Gasteiger partial charge on any atom is -0.481 e. The molecule has 1 atom stereocenters. The maximum absolute atomic E-state index is 10.4. The van der Waals surface area contributed by atoms with Gasteiger partial charge >= 0.3 is 5.97 Å². The number of carbonyl (C=O) groups is 1. The molecule has 3 heteroatoms. The highest BCUT2D eigenvalue weighted by Gasteiger charge is 2.00. The van der Waals surface area contributed by atoms with Crippen LogP contribution in [0.2, 0.25) is 0 Å². The van der Waals surface area contributed by atoms with Gasteiger partial charge in [0.15, 0.2) is 0 Å². The Morgan fingerprint density at radius 2 is 2.12 bits per heavy atom. The van der Waals surface area contributed by atoms with Crippen molar-refractivity contribution in [3.05, 3.63) is 37.6 Å². The van der Waals surface area contributed by atoms with Crippen LogP contribution in [0.5, 0.6) is 0 Å². The molecule has 0 aromatic heterocycles. The van der Waals surface area contributed by atoms with Crippen LogP contribution in [0, 0.1) is 5.92 Å².